The van der Waals surface area contributed by atoms with E-state index in [4.69, 9.17) is 11.6 Å². The summed E-state index contributed by atoms with van der Waals surface area (Å²) in [6.45, 7) is 0.616. The lowest BCUT2D eigenvalue weighted by atomic mass is 10.1. The summed E-state index contributed by atoms with van der Waals surface area (Å²) in [5, 5.41) is 5.96. The fraction of sp³-hybridized carbons (Fsp3) is 0.300. The van der Waals surface area contributed by atoms with E-state index in [2.05, 4.69) is 15.6 Å². The Labute approximate surface area is 168 Å². The average Bonchev–Trinajstić information content (AvgIpc) is 2.96. The molecule has 28 heavy (non-hydrogen) atoms. The lowest BCUT2D eigenvalue weighted by molar-refractivity contribution is -0.128. The van der Waals surface area contributed by atoms with Crippen molar-refractivity contribution < 1.29 is 14.4 Å². The second-order valence-corrected chi connectivity index (χ2v) is 6.92. The maximum Gasteiger partial charge on any atom is 0.325 e. The topological polar surface area (TPSA) is 91.4 Å². The second-order valence-electron chi connectivity index (χ2n) is 6.51. The smallest absolute Gasteiger partial charge is 0.325 e. The molecule has 146 valence electrons. The van der Waals surface area contributed by atoms with Crippen LogP contribution < -0.4 is 10.6 Å². The van der Waals surface area contributed by atoms with Gasteiger partial charge in [0.1, 0.15) is 6.04 Å². The minimum absolute atomic E-state index is 0.110. The fourth-order valence-electron chi connectivity index (χ4n) is 2.98. The van der Waals surface area contributed by atoms with Crippen LogP contribution in [0.15, 0.2) is 48.8 Å². The molecule has 2 N–H and O–H groups in total. The third-order valence-corrected chi connectivity index (χ3v) is 4.91. The van der Waals surface area contributed by atoms with Crippen LogP contribution in [0.5, 0.6) is 0 Å². The molecule has 1 aliphatic heterocycles. The molecule has 1 saturated heterocycles. The summed E-state index contributed by atoms with van der Waals surface area (Å²) < 4.78 is 0. The number of imide groups is 1. The number of rotatable bonds is 8. The number of carbonyl (C=O) groups excluding carboxylic acids is 3. The molecule has 7 nitrogen and oxygen atoms in total. The van der Waals surface area contributed by atoms with Crippen LogP contribution in [0, 0.1) is 0 Å². The van der Waals surface area contributed by atoms with Gasteiger partial charge in [-0.2, -0.15) is 0 Å². The van der Waals surface area contributed by atoms with Crippen LogP contribution in [0.25, 0.3) is 0 Å². The van der Waals surface area contributed by atoms with Gasteiger partial charge >= 0.3 is 6.03 Å². The van der Waals surface area contributed by atoms with Crippen LogP contribution in [-0.4, -0.2) is 40.3 Å². The Bertz CT molecular complexity index is 860. The summed E-state index contributed by atoms with van der Waals surface area (Å²) >= 11 is 6.10. The molecule has 1 atom stereocenters. The van der Waals surface area contributed by atoms with Crippen molar-refractivity contribution >= 4 is 29.4 Å². The zero-order valence-electron chi connectivity index (χ0n) is 15.2. The van der Waals surface area contributed by atoms with Crippen molar-refractivity contribution in [1.82, 2.24) is 20.5 Å². The quantitative estimate of drug-likeness (QED) is 0.665. The molecule has 3 rings (SSSR count). The highest BCUT2D eigenvalue weighted by molar-refractivity contribution is 6.31. The zero-order chi connectivity index (χ0) is 19.9. The van der Waals surface area contributed by atoms with Gasteiger partial charge in [-0.25, -0.2) is 4.79 Å². The first kappa shape index (κ1) is 19.8. The molecule has 8 heteroatoms. The highest BCUT2D eigenvalue weighted by Gasteiger charge is 2.38. The highest BCUT2D eigenvalue weighted by atomic mass is 35.5. The molecule has 0 aliphatic carbocycles. The normalized spacial score (nSPS) is 16.2. The van der Waals surface area contributed by atoms with E-state index in [0.717, 1.165) is 10.5 Å². The third kappa shape index (κ3) is 5.07. The van der Waals surface area contributed by atoms with Gasteiger partial charge in [-0.3, -0.25) is 19.5 Å². The molecule has 0 spiro atoms. The SMILES string of the molecule is O=C(CC[C@H]1NC(=O)N(Cc2ccccc2Cl)C1=O)NCCc1ccncc1. The molecule has 0 radical (unpaired) electrons. The summed E-state index contributed by atoms with van der Waals surface area (Å²) in [6.07, 6.45) is 4.54. The Hall–Kier alpha value is -2.93. The number of hydrogen-bond donors (Lipinski definition) is 2. The van der Waals surface area contributed by atoms with E-state index in [-0.39, 0.29) is 31.2 Å². The molecule has 0 saturated carbocycles. The predicted octanol–water partition coefficient (Wildman–Crippen LogP) is 2.29. The minimum Gasteiger partial charge on any atom is -0.356 e. The monoisotopic (exact) mass is 400 g/mol. The number of aromatic nitrogens is 1. The van der Waals surface area contributed by atoms with Crippen LogP contribution in [0.2, 0.25) is 5.02 Å². The summed E-state index contributed by atoms with van der Waals surface area (Å²) in [4.78, 5) is 41.7. The standard InChI is InChI=1S/C20H21ClN4O3/c21-16-4-2-1-3-15(16)13-25-19(27)17(24-20(25)28)5-6-18(26)23-12-9-14-7-10-22-11-8-14/h1-4,7-8,10-11,17H,5-6,9,12-13H2,(H,23,26)(H,24,28)/t17-/m1/s1. The number of hydrogen-bond acceptors (Lipinski definition) is 4. The van der Waals surface area contributed by atoms with Crippen LogP contribution >= 0.6 is 11.6 Å². The maximum atomic E-state index is 12.5. The van der Waals surface area contributed by atoms with Gasteiger partial charge in [-0.1, -0.05) is 29.8 Å². The number of amides is 4. The maximum absolute atomic E-state index is 12.5. The van der Waals surface area contributed by atoms with E-state index in [1.165, 1.54) is 0 Å². The van der Waals surface area contributed by atoms with E-state index in [0.29, 0.717) is 23.6 Å². The molecule has 0 bridgehead atoms. The molecule has 2 heterocycles. The van der Waals surface area contributed by atoms with Crippen molar-refractivity contribution in [3.05, 3.63) is 64.9 Å². The van der Waals surface area contributed by atoms with Crippen LogP contribution in [-0.2, 0) is 22.6 Å². The minimum atomic E-state index is -0.694. The molecular formula is C20H21ClN4O3. The Kier molecular flexibility index (Phi) is 6.60. The van der Waals surface area contributed by atoms with Crippen LogP contribution in [0.1, 0.15) is 24.0 Å². The largest absolute Gasteiger partial charge is 0.356 e. The van der Waals surface area contributed by atoms with Crippen molar-refractivity contribution in [2.24, 2.45) is 0 Å². The lowest BCUT2D eigenvalue weighted by Gasteiger charge is -2.14. The summed E-state index contributed by atoms with van der Waals surface area (Å²) in [5.41, 5.74) is 1.78. The highest BCUT2D eigenvalue weighted by Crippen LogP contribution is 2.20. The number of nitrogens with zero attached hydrogens (tertiary/aromatic N) is 2. The number of benzene rings is 1. The first-order chi connectivity index (χ1) is 13.5. The third-order valence-electron chi connectivity index (χ3n) is 4.54. The van der Waals surface area contributed by atoms with Gasteiger partial charge in [0, 0.05) is 30.4 Å². The summed E-state index contributed by atoms with van der Waals surface area (Å²) in [5.74, 6) is -0.491. The van der Waals surface area contributed by atoms with Crippen molar-refractivity contribution in [3.63, 3.8) is 0 Å². The average molecular weight is 401 g/mol. The molecule has 0 unspecified atom stereocenters. The van der Waals surface area contributed by atoms with Gasteiger partial charge in [0.05, 0.1) is 6.54 Å². The van der Waals surface area contributed by atoms with Gasteiger partial charge in [0.2, 0.25) is 5.91 Å². The molecule has 1 aromatic carbocycles. The first-order valence-corrected chi connectivity index (χ1v) is 9.43. The summed E-state index contributed by atoms with van der Waals surface area (Å²) in [7, 11) is 0. The first-order valence-electron chi connectivity index (χ1n) is 9.05. The predicted molar refractivity (Wildman–Crippen MR) is 105 cm³/mol. The van der Waals surface area contributed by atoms with E-state index in [1.807, 2.05) is 12.1 Å². The Morgan fingerprint density at radius 2 is 1.93 bits per heavy atom. The van der Waals surface area contributed by atoms with Gasteiger partial charge in [0.25, 0.3) is 5.91 Å². The number of carbonyl (C=O) groups is 3. The van der Waals surface area contributed by atoms with E-state index in [9.17, 15) is 14.4 Å². The summed E-state index contributed by atoms with van der Waals surface area (Å²) in [6, 6.07) is 9.70. The second kappa shape index (κ2) is 9.32. The van der Waals surface area contributed by atoms with Gasteiger partial charge < -0.3 is 10.6 Å². The Morgan fingerprint density at radius 3 is 2.68 bits per heavy atom. The molecule has 1 aromatic heterocycles. The number of urea groups is 1. The zero-order valence-corrected chi connectivity index (χ0v) is 16.0. The number of halogens is 1. The lowest BCUT2D eigenvalue weighted by Crippen LogP contribution is -2.33. The number of nitrogens with one attached hydrogen (secondary N) is 2. The molecule has 1 fully saturated rings. The molecule has 1 aliphatic rings. The van der Waals surface area contributed by atoms with Crippen molar-refractivity contribution in [2.45, 2.75) is 31.8 Å². The van der Waals surface area contributed by atoms with E-state index >= 15 is 0 Å². The van der Waals surface area contributed by atoms with E-state index in [1.54, 1.807) is 36.7 Å². The Balaban J connectivity index is 1.44. The van der Waals surface area contributed by atoms with E-state index < -0.39 is 12.1 Å². The fourth-order valence-corrected chi connectivity index (χ4v) is 3.17. The molecule has 2 aromatic rings. The van der Waals surface area contributed by atoms with Gasteiger partial charge in [0.15, 0.2) is 0 Å². The van der Waals surface area contributed by atoms with Crippen LogP contribution in [0.3, 0.4) is 0 Å². The molecule has 4 amide bonds. The van der Waals surface area contributed by atoms with Gasteiger partial charge in [-0.15, -0.1) is 0 Å². The van der Waals surface area contributed by atoms with Crippen LogP contribution in [0.4, 0.5) is 4.79 Å². The van der Waals surface area contributed by atoms with Crippen molar-refractivity contribution in [2.75, 3.05) is 6.54 Å². The number of pyridine rings is 1. The van der Waals surface area contributed by atoms with Crippen molar-refractivity contribution in [1.29, 1.82) is 0 Å². The van der Waals surface area contributed by atoms with Gasteiger partial charge in [-0.05, 0) is 42.2 Å². The van der Waals surface area contributed by atoms with Crippen molar-refractivity contribution in [3.8, 4) is 0 Å². The Morgan fingerprint density at radius 1 is 1.18 bits per heavy atom. The molecular weight excluding hydrogens is 380 g/mol.